The van der Waals surface area contributed by atoms with Gasteiger partial charge in [-0.2, -0.15) is 0 Å². The average molecular weight is 683 g/mol. The van der Waals surface area contributed by atoms with E-state index >= 15 is 0 Å². The van der Waals surface area contributed by atoms with Gasteiger partial charge in [0, 0.05) is 30.3 Å². The molecule has 0 radical (unpaired) electrons. The van der Waals surface area contributed by atoms with Crippen LogP contribution < -0.4 is 0 Å². The fraction of sp³-hybridized carbons (Fsp3) is 0.381. The Morgan fingerprint density at radius 2 is 1.29 bits per heavy atom. The van der Waals surface area contributed by atoms with Gasteiger partial charge in [0.2, 0.25) is 0 Å². The Bertz CT molecular complexity index is 1840. The molecular weight excluding hydrogens is 634 g/mol. The molecule has 5 rings (SSSR count). The number of amidine groups is 2. The smallest absolute Gasteiger partial charge is 0.138 e. The highest BCUT2D eigenvalue weighted by molar-refractivity contribution is 6.33. The maximum absolute atomic E-state index is 14.8. The number of hydrogen-bond donors (Lipinski definition) is 0. The van der Waals surface area contributed by atoms with E-state index < -0.39 is 11.6 Å². The number of aliphatic imine (C=N–C) groups is 2. The van der Waals surface area contributed by atoms with Gasteiger partial charge in [0.05, 0.1) is 23.1 Å². The SMILES string of the molecule is CCc1cc(C)cc(C)c1C(=Nc1c(C(C)C)cccc1C(C)C)N1CCCN(C(=Nc2c(C)cc(C)cc2Cl)c2cc(F)cc(F)c2)C1. The summed E-state index contributed by atoms with van der Waals surface area (Å²) in [7, 11) is 0. The molecule has 1 fully saturated rings. The van der Waals surface area contributed by atoms with E-state index in [0.29, 0.717) is 35.3 Å². The van der Waals surface area contributed by atoms with Gasteiger partial charge < -0.3 is 9.80 Å². The summed E-state index contributed by atoms with van der Waals surface area (Å²) in [5.74, 6) is 0.636. The van der Waals surface area contributed by atoms with Crippen molar-refractivity contribution < 1.29 is 8.78 Å². The minimum atomic E-state index is -0.653. The van der Waals surface area contributed by atoms with Crippen LogP contribution in [0.15, 0.2) is 70.6 Å². The molecule has 0 unspecified atom stereocenters. The number of halogens is 3. The number of nitrogens with zero attached hydrogens (tertiary/aromatic N) is 4. The van der Waals surface area contributed by atoms with Crippen LogP contribution in [-0.2, 0) is 6.42 Å². The van der Waals surface area contributed by atoms with Crippen molar-refractivity contribution in [3.05, 3.63) is 127 Å². The monoisotopic (exact) mass is 682 g/mol. The lowest BCUT2D eigenvalue weighted by molar-refractivity contribution is 0.214. The zero-order chi connectivity index (χ0) is 35.6. The Kier molecular flexibility index (Phi) is 11.3. The molecular formula is C42H49ClF2N4. The van der Waals surface area contributed by atoms with E-state index in [1.165, 1.54) is 39.9 Å². The lowest BCUT2D eigenvalue weighted by Gasteiger charge is -2.40. The molecule has 0 N–H and O–H groups in total. The van der Waals surface area contributed by atoms with Crippen LogP contribution in [0.25, 0.3) is 0 Å². The summed E-state index contributed by atoms with van der Waals surface area (Å²) in [5.41, 5.74) is 11.1. The fourth-order valence-corrected chi connectivity index (χ4v) is 7.35. The van der Waals surface area contributed by atoms with E-state index in [9.17, 15) is 8.78 Å². The van der Waals surface area contributed by atoms with Crippen molar-refractivity contribution in [2.24, 2.45) is 9.98 Å². The Labute approximate surface area is 296 Å². The Morgan fingerprint density at radius 3 is 1.86 bits per heavy atom. The Morgan fingerprint density at radius 1 is 0.735 bits per heavy atom. The predicted molar refractivity (Wildman–Crippen MR) is 202 cm³/mol. The molecule has 1 saturated heterocycles. The third kappa shape index (κ3) is 8.07. The van der Waals surface area contributed by atoms with E-state index in [0.717, 1.165) is 53.7 Å². The highest BCUT2D eigenvalue weighted by Gasteiger charge is 2.28. The third-order valence-corrected chi connectivity index (χ3v) is 9.55. The molecule has 49 heavy (non-hydrogen) atoms. The van der Waals surface area contributed by atoms with Crippen molar-refractivity contribution in [2.45, 2.75) is 87.0 Å². The van der Waals surface area contributed by atoms with Crippen molar-refractivity contribution in [1.29, 1.82) is 0 Å². The first-order valence-corrected chi connectivity index (χ1v) is 17.8. The Hall–Kier alpha value is -4.03. The maximum atomic E-state index is 14.8. The van der Waals surface area contributed by atoms with Gasteiger partial charge in [-0.25, -0.2) is 18.8 Å². The van der Waals surface area contributed by atoms with E-state index in [1.807, 2.05) is 26.0 Å². The van der Waals surface area contributed by atoms with E-state index in [2.05, 4.69) is 88.6 Å². The summed E-state index contributed by atoms with van der Waals surface area (Å²) in [6.45, 7) is 21.1. The molecule has 0 bridgehead atoms. The molecule has 0 amide bonds. The van der Waals surface area contributed by atoms with Crippen LogP contribution in [0.3, 0.4) is 0 Å². The molecule has 7 heteroatoms. The molecule has 0 saturated carbocycles. The van der Waals surface area contributed by atoms with Crippen LogP contribution in [-0.4, -0.2) is 41.2 Å². The van der Waals surface area contributed by atoms with E-state index in [-0.39, 0.29) is 11.8 Å². The lowest BCUT2D eigenvalue weighted by Crippen LogP contribution is -2.50. The second-order valence-electron chi connectivity index (χ2n) is 14.0. The van der Waals surface area contributed by atoms with Crippen LogP contribution in [0.1, 0.15) is 103 Å². The predicted octanol–water partition coefficient (Wildman–Crippen LogP) is 11.5. The molecule has 0 aliphatic carbocycles. The molecule has 4 aromatic rings. The molecule has 0 aromatic heterocycles. The second-order valence-corrected chi connectivity index (χ2v) is 14.4. The summed E-state index contributed by atoms with van der Waals surface area (Å²) in [4.78, 5) is 15.1. The zero-order valence-corrected chi connectivity index (χ0v) is 31.1. The van der Waals surface area contributed by atoms with Gasteiger partial charge in [0.1, 0.15) is 23.3 Å². The van der Waals surface area contributed by atoms with Gasteiger partial charge in [-0.15, -0.1) is 0 Å². The summed E-state index contributed by atoms with van der Waals surface area (Å²) < 4.78 is 29.5. The number of aryl methyl sites for hydroxylation is 5. The molecule has 1 aliphatic rings. The molecule has 0 atom stereocenters. The van der Waals surface area contributed by atoms with Crippen LogP contribution in [0.5, 0.6) is 0 Å². The highest BCUT2D eigenvalue weighted by atomic mass is 35.5. The first kappa shape index (κ1) is 36.3. The van der Waals surface area contributed by atoms with Gasteiger partial charge in [-0.1, -0.05) is 88.2 Å². The van der Waals surface area contributed by atoms with Crippen LogP contribution in [0.2, 0.25) is 5.02 Å². The number of rotatable bonds is 7. The molecule has 4 aromatic carbocycles. The van der Waals surface area contributed by atoms with Crippen LogP contribution in [0, 0.1) is 39.3 Å². The zero-order valence-electron chi connectivity index (χ0n) is 30.4. The first-order chi connectivity index (χ1) is 23.3. The summed E-state index contributed by atoms with van der Waals surface area (Å²) in [6.07, 6.45) is 1.66. The number of hydrogen-bond acceptors (Lipinski definition) is 2. The van der Waals surface area contributed by atoms with Gasteiger partial charge >= 0.3 is 0 Å². The second kappa shape index (κ2) is 15.2. The highest BCUT2D eigenvalue weighted by Crippen LogP contribution is 2.37. The standard InChI is InChI=1S/C42H49ClF2N4/c1-10-31-19-27(6)17-29(8)38(31)42(47-40-35(25(2)3)13-11-14-36(40)26(4)5)49-16-12-15-48(24-49)41(32-21-33(44)23-34(45)22-32)46-39-30(9)18-28(7)20-37(39)43/h11,13-14,17-23,25-26H,10,12,15-16,24H2,1-9H3. The van der Waals surface area contributed by atoms with E-state index in [4.69, 9.17) is 21.6 Å². The quantitative estimate of drug-likeness (QED) is 0.143. The summed E-state index contributed by atoms with van der Waals surface area (Å²) >= 11 is 6.76. The topological polar surface area (TPSA) is 31.2 Å². The van der Waals surface area contributed by atoms with Crippen molar-refractivity contribution in [2.75, 3.05) is 19.8 Å². The maximum Gasteiger partial charge on any atom is 0.138 e. The van der Waals surface area contributed by atoms with Crippen LogP contribution >= 0.6 is 11.6 Å². The first-order valence-electron chi connectivity index (χ1n) is 17.4. The van der Waals surface area contributed by atoms with Crippen molar-refractivity contribution in [3.8, 4) is 0 Å². The third-order valence-electron chi connectivity index (χ3n) is 9.26. The minimum absolute atomic E-state index is 0.283. The largest absolute Gasteiger partial charge is 0.338 e. The van der Waals surface area contributed by atoms with Crippen molar-refractivity contribution in [3.63, 3.8) is 0 Å². The average Bonchev–Trinajstić information content (AvgIpc) is 3.02. The molecule has 1 heterocycles. The summed E-state index contributed by atoms with van der Waals surface area (Å²) in [6, 6.07) is 18.5. The fourth-order valence-electron chi connectivity index (χ4n) is 6.99. The number of para-hydroxylation sites is 1. The van der Waals surface area contributed by atoms with Crippen molar-refractivity contribution in [1.82, 2.24) is 9.80 Å². The van der Waals surface area contributed by atoms with Gasteiger partial charge in [0.25, 0.3) is 0 Å². The van der Waals surface area contributed by atoms with Crippen molar-refractivity contribution >= 4 is 34.6 Å². The molecule has 258 valence electrons. The van der Waals surface area contributed by atoms with Crippen LogP contribution in [0.4, 0.5) is 20.2 Å². The minimum Gasteiger partial charge on any atom is -0.338 e. The number of benzene rings is 4. The summed E-state index contributed by atoms with van der Waals surface area (Å²) in [5, 5.41) is 0.498. The van der Waals surface area contributed by atoms with Gasteiger partial charge in [0.15, 0.2) is 0 Å². The molecule has 4 nitrogen and oxygen atoms in total. The van der Waals surface area contributed by atoms with Gasteiger partial charge in [-0.05, 0) is 104 Å². The Balaban J connectivity index is 1.73. The lowest BCUT2D eigenvalue weighted by atomic mass is 9.92. The van der Waals surface area contributed by atoms with E-state index in [1.54, 1.807) is 0 Å². The normalized spacial score (nSPS) is 14.4. The molecule has 0 spiro atoms. The van der Waals surface area contributed by atoms with Gasteiger partial charge in [-0.3, -0.25) is 0 Å². The molecule has 1 aliphatic heterocycles.